The average molecular weight is 408 g/mol. The molecule has 30 heavy (non-hydrogen) atoms. The van der Waals surface area contributed by atoms with E-state index in [0.29, 0.717) is 31.1 Å². The fourth-order valence-corrected chi connectivity index (χ4v) is 3.78. The first-order chi connectivity index (χ1) is 14.6. The van der Waals surface area contributed by atoms with Crippen LogP contribution in [-0.2, 0) is 22.6 Å². The predicted octanol–water partition coefficient (Wildman–Crippen LogP) is 3.20. The van der Waals surface area contributed by atoms with E-state index in [-0.39, 0.29) is 24.6 Å². The summed E-state index contributed by atoms with van der Waals surface area (Å²) in [4.78, 5) is 38.9. The quantitative estimate of drug-likeness (QED) is 0.651. The molecule has 0 atom stereocenters. The number of ether oxygens (including phenoxy) is 1. The van der Waals surface area contributed by atoms with Gasteiger partial charge in [-0.15, -0.1) is 0 Å². The molecule has 1 N–H and O–H groups in total. The maximum atomic E-state index is 12.8. The van der Waals surface area contributed by atoms with E-state index in [1.54, 1.807) is 33.4 Å². The summed E-state index contributed by atoms with van der Waals surface area (Å²) >= 11 is 0. The summed E-state index contributed by atoms with van der Waals surface area (Å²) < 4.78 is 8.39. The first kappa shape index (κ1) is 19.8. The van der Waals surface area contributed by atoms with Crippen molar-refractivity contribution in [3.63, 3.8) is 0 Å². The van der Waals surface area contributed by atoms with Gasteiger partial charge in [-0.3, -0.25) is 18.8 Å². The standard InChI is InChI=1S/C22H24N4O4/c1-2-12-24-18-9-5-6-10-19(18)25(21(24)28)13-11-20(27)23-16-7-3-4-8-17(16)26-14-15-30-22(26)29/h3-10H,2,11-15H2,1H3,(H,23,27). The minimum absolute atomic E-state index is 0.105. The van der Waals surface area contributed by atoms with Gasteiger partial charge in [-0.1, -0.05) is 31.2 Å². The third-order valence-corrected chi connectivity index (χ3v) is 5.16. The number of amides is 2. The maximum Gasteiger partial charge on any atom is 0.414 e. The van der Waals surface area contributed by atoms with Crippen LogP contribution >= 0.6 is 0 Å². The van der Waals surface area contributed by atoms with Crippen molar-refractivity contribution < 1.29 is 14.3 Å². The third-order valence-electron chi connectivity index (χ3n) is 5.16. The number of anilines is 2. The Hall–Kier alpha value is -3.55. The van der Waals surface area contributed by atoms with Gasteiger partial charge in [0.05, 0.1) is 29.0 Å². The molecule has 0 saturated carbocycles. The molecule has 0 spiro atoms. The van der Waals surface area contributed by atoms with Gasteiger partial charge >= 0.3 is 11.8 Å². The van der Waals surface area contributed by atoms with Crippen LogP contribution in [0, 0.1) is 0 Å². The molecule has 1 aromatic heterocycles. The SMILES string of the molecule is CCCn1c(=O)n(CCC(=O)Nc2ccccc2N2CCOC2=O)c2ccccc21. The lowest BCUT2D eigenvalue weighted by Gasteiger charge is -2.17. The predicted molar refractivity (Wildman–Crippen MR) is 115 cm³/mol. The Kier molecular flexibility index (Phi) is 5.56. The fourth-order valence-electron chi connectivity index (χ4n) is 3.78. The molecule has 2 amide bonds. The van der Waals surface area contributed by atoms with Crippen molar-refractivity contribution >= 4 is 34.4 Å². The molecule has 1 fully saturated rings. The Morgan fingerprint density at radius 1 is 1.00 bits per heavy atom. The van der Waals surface area contributed by atoms with Crippen LogP contribution < -0.4 is 15.9 Å². The zero-order valence-electron chi connectivity index (χ0n) is 16.8. The first-order valence-corrected chi connectivity index (χ1v) is 10.1. The van der Waals surface area contributed by atoms with E-state index in [1.165, 1.54) is 4.90 Å². The zero-order chi connectivity index (χ0) is 21.1. The van der Waals surface area contributed by atoms with Crippen LogP contribution in [0.15, 0.2) is 53.3 Å². The number of aromatic nitrogens is 2. The molecule has 3 aromatic rings. The highest BCUT2D eigenvalue weighted by Gasteiger charge is 2.26. The van der Waals surface area contributed by atoms with Crippen molar-refractivity contribution in [1.82, 2.24) is 9.13 Å². The minimum Gasteiger partial charge on any atom is -0.447 e. The monoisotopic (exact) mass is 408 g/mol. The van der Waals surface area contributed by atoms with Gasteiger partial charge in [0, 0.05) is 19.5 Å². The van der Waals surface area contributed by atoms with E-state index >= 15 is 0 Å². The average Bonchev–Trinajstić information content (AvgIpc) is 3.29. The molecule has 156 valence electrons. The van der Waals surface area contributed by atoms with Crippen molar-refractivity contribution in [2.24, 2.45) is 0 Å². The van der Waals surface area contributed by atoms with Gasteiger partial charge in [0.2, 0.25) is 5.91 Å². The first-order valence-electron chi connectivity index (χ1n) is 10.1. The van der Waals surface area contributed by atoms with Crippen molar-refractivity contribution in [2.75, 3.05) is 23.4 Å². The van der Waals surface area contributed by atoms with Gasteiger partial charge < -0.3 is 10.1 Å². The molecule has 1 saturated heterocycles. The van der Waals surface area contributed by atoms with Gasteiger partial charge in [0.25, 0.3) is 0 Å². The summed E-state index contributed by atoms with van der Waals surface area (Å²) in [6, 6.07) is 14.7. The largest absolute Gasteiger partial charge is 0.447 e. The normalized spacial score (nSPS) is 13.6. The highest BCUT2D eigenvalue weighted by Crippen LogP contribution is 2.28. The molecule has 8 heteroatoms. The molecule has 2 heterocycles. The molecule has 0 aliphatic carbocycles. The van der Waals surface area contributed by atoms with Crippen molar-refractivity contribution in [3.05, 3.63) is 59.0 Å². The topological polar surface area (TPSA) is 85.6 Å². The molecule has 1 aliphatic heterocycles. The summed E-state index contributed by atoms with van der Waals surface area (Å²) in [7, 11) is 0. The van der Waals surface area contributed by atoms with Gasteiger partial charge in [0.15, 0.2) is 0 Å². The molecule has 0 radical (unpaired) electrons. The fraction of sp³-hybridized carbons (Fsp3) is 0.318. The Labute approximate surface area is 173 Å². The third kappa shape index (κ3) is 3.68. The molecule has 0 bridgehead atoms. The molecule has 1 aliphatic rings. The van der Waals surface area contributed by atoms with Crippen LogP contribution in [0.1, 0.15) is 19.8 Å². The second-order valence-corrected chi connectivity index (χ2v) is 7.16. The van der Waals surface area contributed by atoms with Crippen LogP contribution in [0.5, 0.6) is 0 Å². The number of carbonyl (C=O) groups excluding carboxylic acids is 2. The molecular formula is C22H24N4O4. The van der Waals surface area contributed by atoms with Crippen LogP contribution in [-0.4, -0.2) is 34.3 Å². The number of fused-ring (bicyclic) bond motifs is 1. The smallest absolute Gasteiger partial charge is 0.414 e. The van der Waals surface area contributed by atoms with Gasteiger partial charge in [-0.2, -0.15) is 0 Å². The zero-order valence-corrected chi connectivity index (χ0v) is 16.8. The van der Waals surface area contributed by atoms with Crippen molar-refractivity contribution in [1.29, 1.82) is 0 Å². The Morgan fingerprint density at radius 2 is 1.67 bits per heavy atom. The Bertz CT molecular complexity index is 1150. The number of hydrogen-bond acceptors (Lipinski definition) is 4. The summed E-state index contributed by atoms with van der Waals surface area (Å²) in [6.45, 7) is 3.71. The Balaban J connectivity index is 1.51. The minimum atomic E-state index is -0.424. The molecule has 2 aromatic carbocycles. The maximum absolute atomic E-state index is 12.8. The van der Waals surface area contributed by atoms with E-state index in [9.17, 15) is 14.4 Å². The summed E-state index contributed by atoms with van der Waals surface area (Å²) in [6.07, 6.45) is 0.565. The van der Waals surface area contributed by atoms with Crippen LogP contribution in [0.2, 0.25) is 0 Å². The lowest BCUT2D eigenvalue weighted by atomic mass is 10.2. The van der Waals surface area contributed by atoms with Gasteiger partial charge in [-0.25, -0.2) is 9.59 Å². The second-order valence-electron chi connectivity index (χ2n) is 7.16. The number of benzene rings is 2. The number of rotatable bonds is 7. The highest BCUT2D eigenvalue weighted by atomic mass is 16.6. The van der Waals surface area contributed by atoms with Crippen molar-refractivity contribution in [2.45, 2.75) is 32.9 Å². The number of aryl methyl sites for hydroxylation is 2. The molecule has 8 nitrogen and oxygen atoms in total. The second kappa shape index (κ2) is 8.44. The number of para-hydroxylation sites is 4. The van der Waals surface area contributed by atoms with Gasteiger partial charge in [-0.05, 0) is 30.7 Å². The molecular weight excluding hydrogens is 384 g/mol. The number of cyclic esters (lactones) is 1. The van der Waals surface area contributed by atoms with Crippen molar-refractivity contribution in [3.8, 4) is 0 Å². The lowest BCUT2D eigenvalue weighted by Crippen LogP contribution is -2.27. The number of nitrogens with one attached hydrogen (secondary N) is 1. The van der Waals surface area contributed by atoms with E-state index < -0.39 is 6.09 Å². The number of carbonyl (C=O) groups is 2. The van der Waals surface area contributed by atoms with Gasteiger partial charge in [0.1, 0.15) is 6.61 Å². The summed E-state index contributed by atoms with van der Waals surface area (Å²) in [5.41, 5.74) is 2.74. The summed E-state index contributed by atoms with van der Waals surface area (Å²) in [5.74, 6) is -0.228. The summed E-state index contributed by atoms with van der Waals surface area (Å²) in [5, 5.41) is 2.87. The van der Waals surface area contributed by atoms with Crippen LogP contribution in [0.25, 0.3) is 11.0 Å². The number of hydrogen-bond donors (Lipinski definition) is 1. The van der Waals surface area contributed by atoms with Crippen LogP contribution in [0.3, 0.4) is 0 Å². The molecule has 4 rings (SSSR count). The van der Waals surface area contributed by atoms with E-state index in [0.717, 1.165) is 17.5 Å². The van der Waals surface area contributed by atoms with E-state index in [4.69, 9.17) is 4.74 Å². The Morgan fingerprint density at radius 3 is 2.33 bits per heavy atom. The van der Waals surface area contributed by atoms with E-state index in [1.807, 2.05) is 31.2 Å². The number of nitrogens with zero attached hydrogens (tertiary/aromatic N) is 3. The highest BCUT2D eigenvalue weighted by molar-refractivity contribution is 5.99. The van der Waals surface area contributed by atoms with Crippen LogP contribution in [0.4, 0.5) is 16.2 Å². The lowest BCUT2D eigenvalue weighted by molar-refractivity contribution is -0.116. The molecule has 0 unspecified atom stereocenters. The number of imidazole rings is 1. The van der Waals surface area contributed by atoms with E-state index in [2.05, 4.69) is 5.32 Å².